The molecule has 8 nitrogen and oxygen atoms in total. The molecule has 3 heterocycles. The number of ether oxygens (including phenoxy) is 2. The molecule has 0 radical (unpaired) electrons. The monoisotopic (exact) mass is 519 g/mol. The molecule has 1 spiro atoms. The molecular formula is C23H32F3N3O5S. The topological polar surface area (TPSA) is 88.2 Å². The number of alkyl halides is 3. The number of carbonyl (C=O) groups excluding carboxylic acids is 1. The molecule has 35 heavy (non-hydrogen) atoms. The van der Waals surface area contributed by atoms with Crippen LogP contribution in [0.5, 0.6) is 5.75 Å². The van der Waals surface area contributed by atoms with E-state index in [1.54, 1.807) is 0 Å². The molecule has 0 saturated carbocycles. The predicted octanol–water partition coefficient (Wildman–Crippen LogP) is 2.63. The molecule has 12 heteroatoms. The number of carbonyl (C=O) groups is 1. The largest absolute Gasteiger partial charge is 0.492 e. The number of hydrogen-bond acceptors (Lipinski definition) is 6. The number of amides is 1. The lowest BCUT2D eigenvalue weighted by Gasteiger charge is -2.42. The summed E-state index contributed by atoms with van der Waals surface area (Å²) in [5, 5.41) is 3.11. The number of likely N-dealkylation sites (tertiary alicyclic amines) is 1. The van der Waals surface area contributed by atoms with Gasteiger partial charge in [-0.25, -0.2) is 8.42 Å². The van der Waals surface area contributed by atoms with Gasteiger partial charge in [0.15, 0.2) is 0 Å². The number of piperidine rings is 1. The van der Waals surface area contributed by atoms with Crippen LogP contribution < -0.4 is 10.1 Å². The number of benzene rings is 1. The van der Waals surface area contributed by atoms with Gasteiger partial charge in [-0.1, -0.05) is 6.92 Å². The summed E-state index contributed by atoms with van der Waals surface area (Å²) in [6.07, 6.45) is -2.69. The van der Waals surface area contributed by atoms with E-state index in [2.05, 4.69) is 10.2 Å². The lowest BCUT2D eigenvalue weighted by Crippen LogP contribution is -2.58. The highest BCUT2D eigenvalue weighted by Crippen LogP contribution is 2.39. The van der Waals surface area contributed by atoms with Crippen LogP contribution in [0, 0.1) is 0 Å². The van der Waals surface area contributed by atoms with Crippen LogP contribution in [0.25, 0.3) is 0 Å². The molecule has 2 saturated heterocycles. The molecule has 0 bridgehead atoms. The Hall–Kier alpha value is -1.89. The van der Waals surface area contributed by atoms with E-state index >= 15 is 0 Å². The van der Waals surface area contributed by atoms with Crippen molar-refractivity contribution in [3.05, 3.63) is 23.8 Å². The zero-order valence-electron chi connectivity index (χ0n) is 19.9. The lowest BCUT2D eigenvalue weighted by molar-refractivity contribution is -0.137. The molecule has 1 aromatic carbocycles. The van der Waals surface area contributed by atoms with Gasteiger partial charge in [0.05, 0.1) is 18.3 Å². The Kier molecular flexibility index (Phi) is 7.38. The first kappa shape index (κ1) is 26.2. The first-order valence-electron chi connectivity index (χ1n) is 11.9. The first-order valence-corrected chi connectivity index (χ1v) is 13.4. The van der Waals surface area contributed by atoms with Crippen LogP contribution in [0.1, 0.15) is 44.6 Å². The van der Waals surface area contributed by atoms with Gasteiger partial charge in [-0.15, -0.1) is 0 Å². The van der Waals surface area contributed by atoms with Gasteiger partial charge in [-0.3, -0.25) is 4.79 Å². The molecule has 3 aliphatic rings. The minimum atomic E-state index is -4.73. The van der Waals surface area contributed by atoms with Crippen LogP contribution in [0.4, 0.5) is 13.2 Å². The summed E-state index contributed by atoms with van der Waals surface area (Å²) in [6, 6.07) is 1.39. The Labute approximate surface area is 203 Å². The third-order valence-electron chi connectivity index (χ3n) is 7.11. The maximum atomic E-state index is 13.7. The van der Waals surface area contributed by atoms with Crippen molar-refractivity contribution in [1.82, 2.24) is 14.5 Å². The second-order valence-electron chi connectivity index (χ2n) is 9.65. The van der Waals surface area contributed by atoms with Gasteiger partial charge in [0.25, 0.3) is 0 Å². The minimum absolute atomic E-state index is 0.0603. The summed E-state index contributed by atoms with van der Waals surface area (Å²) in [5.41, 5.74) is -1.68. The van der Waals surface area contributed by atoms with E-state index in [0.717, 1.165) is 29.5 Å². The second kappa shape index (κ2) is 9.87. The molecule has 0 unspecified atom stereocenters. The Morgan fingerprint density at radius 1 is 1.23 bits per heavy atom. The van der Waals surface area contributed by atoms with Crippen molar-refractivity contribution in [2.45, 2.75) is 67.8 Å². The van der Waals surface area contributed by atoms with Crippen molar-refractivity contribution in [2.75, 3.05) is 39.9 Å². The van der Waals surface area contributed by atoms with Crippen molar-refractivity contribution in [2.24, 2.45) is 0 Å². The fourth-order valence-corrected chi connectivity index (χ4v) is 6.78. The van der Waals surface area contributed by atoms with Crippen LogP contribution in [0.2, 0.25) is 0 Å². The van der Waals surface area contributed by atoms with Crippen LogP contribution in [-0.2, 0) is 25.7 Å². The maximum absolute atomic E-state index is 13.7. The second-order valence-corrected chi connectivity index (χ2v) is 11.5. The summed E-state index contributed by atoms with van der Waals surface area (Å²) in [4.78, 5) is 15.1. The van der Waals surface area contributed by atoms with Crippen LogP contribution in [0.15, 0.2) is 23.1 Å². The van der Waals surface area contributed by atoms with Crippen molar-refractivity contribution >= 4 is 15.9 Å². The number of rotatable bonds is 3. The molecule has 0 aromatic heterocycles. The van der Waals surface area contributed by atoms with E-state index in [4.69, 9.17) is 9.47 Å². The van der Waals surface area contributed by atoms with Crippen molar-refractivity contribution in [3.8, 4) is 5.75 Å². The molecule has 4 rings (SSSR count). The van der Waals surface area contributed by atoms with Crippen LogP contribution in [0.3, 0.4) is 0 Å². The average molecular weight is 520 g/mol. The quantitative estimate of drug-likeness (QED) is 0.661. The molecule has 3 aliphatic heterocycles. The van der Waals surface area contributed by atoms with E-state index in [9.17, 15) is 26.4 Å². The number of halogens is 3. The molecule has 0 aliphatic carbocycles. The van der Waals surface area contributed by atoms with Crippen molar-refractivity contribution in [3.63, 3.8) is 0 Å². The molecule has 1 aromatic rings. The third-order valence-corrected chi connectivity index (χ3v) is 9.00. The highest BCUT2D eigenvalue weighted by molar-refractivity contribution is 7.89. The van der Waals surface area contributed by atoms with Gasteiger partial charge in [-0.2, -0.15) is 17.5 Å². The van der Waals surface area contributed by atoms with Crippen molar-refractivity contribution < 1.29 is 35.9 Å². The van der Waals surface area contributed by atoms with Gasteiger partial charge >= 0.3 is 6.18 Å². The van der Waals surface area contributed by atoms with Crippen LogP contribution in [-0.4, -0.2) is 81.1 Å². The Bertz CT molecular complexity index is 1040. The fourth-order valence-electron chi connectivity index (χ4n) is 4.99. The Morgan fingerprint density at radius 2 is 1.94 bits per heavy atom. The normalized spacial score (nSPS) is 27.4. The number of hydrogen-bond donors (Lipinski definition) is 1. The van der Waals surface area contributed by atoms with E-state index in [1.807, 2.05) is 14.0 Å². The van der Waals surface area contributed by atoms with Gasteiger partial charge in [0.1, 0.15) is 16.7 Å². The summed E-state index contributed by atoms with van der Waals surface area (Å²) in [6.45, 7) is 3.74. The third kappa shape index (κ3) is 5.45. The molecular weight excluding hydrogens is 487 g/mol. The van der Waals surface area contributed by atoms with Gasteiger partial charge < -0.3 is 19.7 Å². The summed E-state index contributed by atoms with van der Waals surface area (Å²) in [7, 11) is -2.51. The van der Waals surface area contributed by atoms with E-state index in [0.29, 0.717) is 38.4 Å². The molecule has 2 atom stereocenters. The lowest BCUT2D eigenvalue weighted by atomic mass is 9.84. The number of sulfonamides is 1. The zero-order chi connectivity index (χ0) is 25.4. The zero-order valence-corrected chi connectivity index (χ0v) is 20.8. The average Bonchev–Trinajstić information content (AvgIpc) is 3.24. The van der Waals surface area contributed by atoms with Gasteiger partial charge in [0.2, 0.25) is 15.9 Å². The summed E-state index contributed by atoms with van der Waals surface area (Å²) >= 11 is 0. The van der Waals surface area contributed by atoms with E-state index in [1.165, 1.54) is 0 Å². The molecule has 196 valence electrons. The van der Waals surface area contributed by atoms with E-state index in [-0.39, 0.29) is 25.3 Å². The minimum Gasteiger partial charge on any atom is -0.492 e. The standard InChI is InChI=1S/C23H32F3N3O5S/c1-3-11-33-17-14-18-21(30)27-22(6-9-28(2)10-7-22)8-12-34-19-5-4-16(23(24,25)26)13-20(19)35(31,32)29(18)15-17/h4-5,13,17-18H,3,6-12,14-15H2,1-2H3,(H,27,30)/t17-,18+/m1/s1. The van der Waals surface area contributed by atoms with Gasteiger partial charge in [0, 0.05) is 44.6 Å². The Balaban J connectivity index is 1.78. The fraction of sp³-hybridized carbons (Fsp3) is 0.696. The number of fused-ring (bicyclic) bond motifs is 2. The van der Waals surface area contributed by atoms with E-state index < -0.39 is 50.3 Å². The molecule has 1 amide bonds. The van der Waals surface area contributed by atoms with Gasteiger partial charge in [-0.05, 0) is 44.5 Å². The number of nitrogens with zero attached hydrogens (tertiary/aromatic N) is 2. The van der Waals surface area contributed by atoms with Crippen LogP contribution >= 0.6 is 0 Å². The predicted molar refractivity (Wildman–Crippen MR) is 121 cm³/mol. The molecule has 1 N–H and O–H groups in total. The summed E-state index contributed by atoms with van der Waals surface area (Å²) < 4.78 is 80.4. The first-order chi connectivity index (χ1) is 16.4. The highest BCUT2D eigenvalue weighted by atomic mass is 32.2. The summed E-state index contributed by atoms with van der Waals surface area (Å²) in [5.74, 6) is -0.594. The Morgan fingerprint density at radius 3 is 2.60 bits per heavy atom. The number of nitrogens with one attached hydrogen (secondary N) is 1. The molecule has 2 fully saturated rings. The smallest absolute Gasteiger partial charge is 0.416 e. The highest BCUT2D eigenvalue weighted by Gasteiger charge is 2.48. The maximum Gasteiger partial charge on any atom is 0.416 e. The SMILES string of the molecule is CCCO[C@@H]1C[C@H]2C(=O)NC3(CCOc4ccc(C(F)(F)F)cc4S(=O)(=O)N2C1)CCN(C)CC3. The van der Waals surface area contributed by atoms with Crippen molar-refractivity contribution in [1.29, 1.82) is 0 Å².